The number of rotatable bonds is 3. The van der Waals surface area contributed by atoms with Gasteiger partial charge in [0.15, 0.2) is 0 Å². The Kier molecular flexibility index (Phi) is 4.17. The van der Waals surface area contributed by atoms with Gasteiger partial charge in [0.1, 0.15) is 17.3 Å². The number of nitriles is 1. The van der Waals surface area contributed by atoms with Crippen LogP contribution in [0.4, 0.5) is 8.78 Å². The minimum atomic E-state index is -0.695. The van der Waals surface area contributed by atoms with Gasteiger partial charge in [-0.1, -0.05) is 18.2 Å². The molecule has 33 heavy (non-hydrogen) atoms. The van der Waals surface area contributed by atoms with Crippen molar-refractivity contribution in [2.24, 2.45) is 0 Å². The average Bonchev–Trinajstić information content (AvgIpc) is 3.60. The maximum Gasteiger partial charge on any atom is 0.282 e. The van der Waals surface area contributed by atoms with Crippen molar-refractivity contribution >= 4 is 16.6 Å². The Balaban J connectivity index is 1.62. The maximum atomic E-state index is 14.8. The smallest absolute Gasteiger partial charge is 0.282 e. The lowest BCUT2D eigenvalue weighted by atomic mass is 10.0. The van der Waals surface area contributed by atoms with Crippen molar-refractivity contribution < 1.29 is 8.78 Å². The van der Waals surface area contributed by atoms with Crippen molar-refractivity contribution in [3.05, 3.63) is 93.9 Å². The van der Waals surface area contributed by atoms with E-state index in [0.717, 1.165) is 30.0 Å². The highest BCUT2D eigenvalue weighted by Gasteiger charge is 2.32. The van der Waals surface area contributed by atoms with Crippen molar-refractivity contribution in [1.82, 2.24) is 14.6 Å². The second kappa shape index (κ2) is 7.10. The van der Waals surface area contributed by atoms with E-state index in [2.05, 4.69) is 16.2 Å². The van der Waals surface area contributed by atoms with E-state index < -0.39 is 11.6 Å². The van der Waals surface area contributed by atoms with Gasteiger partial charge in [0.05, 0.1) is 33.8 Å². The molecule has 0 unspecified atom stereocenters. The van der Waals surface area contributed by atoms with Gasteiger partial charge in [-0.15, -0.1) is 0 Å². The fourth-order valence-corrected chi connectivity index (χ4v) is 4.29. The van der Waals surface area contributed by atoms with E-state index in [1.165, 1.54) is 16.6 Å². The highest BCUT2D eigenvalue weighted by atomic mass is 19.1. The van der Waals surface area contributed by atoms with Crippen LogP contribution in [0.2, 0.25) is 0 Å². The van der Waals surface area contributed by atoms with Gasteiger partial charge in [0.2, 0.25) is 0 Å². The molecular weight excluding hydrogens is 422 g/mol. The summed E-state index contributed by atoms with van der Waals surface area (Å²) in [6.45, 7) is 0. The highest BCUT2D eigenvalue weighted by molar-refractivity contribution is 5.89. The van der Waals surface area contributed by atoms with Crippen molar-refractivity contribution in [2.75, 3.05) is 0 Å². The molecule has 6 rings (SSSR count). The molecule has 3 aromatic carbocycles. The molecule has 160 valence electrons. The van der Waals surface area contributed by atoms with Crippen molar-refractivity contribution in [3.8, 4) is 28.3 Å². The predicted octanol–water partition coefficient (Wildman–Crippen LogP) is 5.54. The van der Waals surface area contributed by atoms with E-state index in [0.29, 0.717) is 33.4 Å². The summed E-state index contributed by atoms with van der Waals surface area (Å²) in [6, 6.07) is 18.1. The number of aromatic amines is 1. The minimum absolute atomic E-state index is 0.148. The van der Waals surface area contributed by atoms with Gasteiger partial charge in [-0.2, -0.15) is 14.9 Å². The van der Waals surface area contributed by atoms with Gasteiger partial charge >= 0.3 is 0 Å². The van der Waals surface area contributed by atoms with Crippen LogP contribution in [-0.2, 0) is 0 Å². The third-order valence-electron chi connectivity index (χ3n) is 6.12. The Hall–Kier alpha value is -4.31. The van der Waals surface area contributed by atoms with Gasteiger partial charge in [0, 0.05) is 17.5 Å². The number of benzene rings is 3. The number of nitrogens with one attached hydrogen (secondary N) is 1. The third kappa shape index (κ3) is 3.11. The van der Waals surface area contributed by atoms with Crippen LogP contribution < -0.4 is 5.56 Å². The lowest BCUT2D eigenvalue weighted by Gasteiger charge is -2.07. The molecule has 0 aliphatic heterocycles. The Bertz CT molecular complexity index is 1670. The van der Waals surface area contributed by atoms with Gasteiger partial charge in [-0.3, -0.25) is 4.79 Å². The van der Waals surface area contributed by atoms with Crippen LogP contribution in [0.5, 0.6) is 0 Å². The van der Waals surface area contributed by atoms with E-state index in [9.17, 15) is 13.6 Å². The molecule has 2 heterocycles. The number of aromatic nitrogens is 3. The van der Waals surface area contributed by atoms with Crippen LogP contribution in [0.3, 0.4) is 0 Å². The van der Waals surface area contributed by atoms with E-state index >= 15 is 0 Å². The topological polar surface area (TPSA) is 73.9 Å². The SMILES string of the molecule is N#Cc1ccc(-c2ccc3c(=O)n4nc(C5CC5)c(-c5ccc(F)cc5F)c4[nH]c3c2)cc1. The second-order valence-electron chi connectivity index (χ2n) is 8.30. The molecule has 1 aliphatic carbocycles. The molecule has 5 nitrogen and oxygen atoms in total. The van der Waals surface area contributed by atoms with E-state index in [4.69, 9.17) is 5.26 Å². The van der Waals surface area contributed by atoms with Crippen LogP contribution in [0.1, 0.15) is 30.0 Å². The zero-order chi connectivity index (χ0) is 22.7. The maximum absolute atomic E-state index is 14.8. The molecule has 1 saturated carbocycles. The molecule has 7 heteroatoms. The first-order valence-electron chi connectivity index (χ1n) is 10.6. The average molecular weight is 438 g/mol. The molecule has 0 bridgehead atoms. The number of halogens is 2. The lowest BCUT2D eigenvalue weighted by molar-refractivity contribution is 0.585. The molecule has 2 aromatic heterocycles. The molecule has 1 fully saturated rings. The summed E-state index contributed by atoms with van der Waals surface area (Å²) in [7, 11) is 0. The van der Waals surface area contributed by atoms with Gasteiger partial charge in [-0.25, -0.2) is 8.78 Å². The first kappa shape index (κ1) is 19.4. The molecule has 0 saturated heterocycles. The number of H-pyrrole nitrogens is 1. The zero-order valence-electron chi connectivity index (χ0n) is 17.3. The summed E-state index contributed by atoms with van der Waals surface area (Å²) in [5.74, 6) is -1.21. The van der Waals surface area contributed by atoms with E-state index in [1.807, 2.05) is 24.3 Å². The summed E-state index contributed by atoms with van der Waals surface area (Å²) in [5, 5.41) is 14.0. The summed E-state index contributed by atoms with van der Waals surface area (Å²) in [4.78, 5) is 16.6. The van der Waals surface area contributed by atoms with Crippen molar-refractivity contribution in [3.63, 3.8) is 0 Å². The highest BCUT2D eigenvalue weighted by Crippen LogP contribution is 2.45. The Morgan fingerprint density at radius 3 is 2.45 bits per heavy atom. The monoisotopic (exact) mass is 438 g/mol. The number of fused-ring (bicyclic) bond motifs is 2. The Morgan fingerprint density at radius 2 is 1.76 bits per heavy atom. The summed E-state index contributed by atoms with van der Waals surface area (Å²) in [6.07, 6.45) is 1.83. The van der Waals surface area contributed by atoms with Crippen LogP contribution in [0.15, 0.2) is 65.5 Å². The summed E-state index contributed by atoms with van der Waals surface area (Å²) in [5.41, 5.74) is 4.35. The van der Waals surface area contributed by atoms with Crippen LogP contribution in [0.25, 0.3) is 38.8 Å². The van der Waals surface area contributed by atoms with Crippen LogP contribution in [-0.4, -0.2) is 14.6 Å². The quantitative estimate of drug-likeness (QED) is 0.402. The molecule has 0 radical (unpaired) electrons. The Labute approximate surface area is 186 Å². The Morgan fingerprint density at radius 1 is 1.00 bits per heavy atom. The second-order valence-corrected chi connectivity index (χ2v) is 8.30. The molecule has 0 amide bonds. The summed E-state index contributed by atoms with van der Waals surface area (Å²) < 4.78 is 29.6. The van der Waals surface area contributed by atoms with Crippen molar-refractivity contribution in [2.45, 2.75) is 18.8 Å². The van der Waals surface area contributed by atoms with Crippen LogP contribution in [0, 0.1) is 23.0 Å². The van der Waals surface area contributed by atoms with Crippen molar-refractivity contribution in [1.29, 1.82) is 5.26 Å². The van der Waals surface area contributed by atoms with Gasteiger partial charge < -0.3 is 4.98 Å². The molecular formula is C26H16F2N4O. The fourth-order valence-electron chi connectivity index (χ4n) is 4.29. The predicted molar refractivity (Wildman–Crippen MR) is 121 cm³/mol. The molecule has 1 N–H and O–H groups in total. The molecule has 0 spiro atoms. The first-order chi connectivity index (χ1) is 16.0. The minimum Gasteiger partial charge on any atom is -0.339 e. The zero-order valence-corrected chi connectivity index (χ0v) is 17.3. The number of nitrogens with zero attached hydrogens (tertiary/aromatic N) is 3. The van der Waals surface area contributed by atoms with Gasteiger partial charge in [-0.05, 0) is 60.4 Å². The fraction of sp³-hybridized carbons (Fsp3) is 0.115. The normalized spacial score (nSPS) is 13.5. The lowest BCUT2D eigenvalue weighted by Crippen LogP contribution is -2.15. The summed E-state index contributed by atoms with van der Waals surface area (Å²) >= 11 is 0. The van der Waals surface area contributed by atoms with E-state index in [1.54, 1.807) is 18.2 Å². The van der Waals surface area contributed by atoms with Crippen LogP contribution >= 0.6 is 0 Å². The molecule has 5 aromatic rings. The number of hydrogen-bond donors (Lipinski definition) is 1. The largest absolute Gasteiger partial charge is 0.339 e. The van der Waals surface area contributed by atoms with E-state index in [-0.39, 0.29) is 17.0 Å². The molecule has 1 aliphatic rings. The standard InChI is InChI=1S/C26H16F2N4O/c27-18-8-10-19(21(28)12-18)23-24(16-5-6-16)31-32-25(23)30-22-11-17(7-9-20(22)26(32)33)15-3-1-14(13-29)2-4-15/h1-4,7-12,16,30H,5-6H2. The first-order valence-corrected chi connectivity index (χ1v) is 10.6. The number of hydrogen-bond acceptors (Lipinski definition) is 3. The third-order valence-corrected chi connectivity index (χ3v) is 6.12. The molecule has 0 atom stereocenters. The van der Waals surface area contributed by atoms with Gasteiger partial charge in [0.25, 0.3) is 5.56 Å².